The topological polar surface area (TPSA) is 59.8 Å². The maximum atomic E-state index is 12.1. The average Bonchev–Trinajstić information content (AvgIpc) is 3.29. The molecule has 0 bridgehead atoms. The van der Waals surface area contributed by atoms with Crippen molar-refractivity contribution >= 4 is 17.7 Å². The van der Waals surface area contributed by atoms with Crippen molar-refractivity contribution < 1.29 is 4.79 Å². The van der Waals surface area contributed by atoms with Crippen molar-refractivity contribution in [1.82, 2.24) is 20.1 Å². The van der Waals surface area contributed by atoms with E-state index in [1.165, 1.54) is 11.1 Å². The summed E-state index contributed by atoms with van der Waals surface area (Å²) in [7, 11) is 0. The third kappa shape index (κ3) is 6.58. The van der Waals surface area contributed by atoms with Crippen LogP contribution in [0.1, 0.15) is 30.4 Å². The number of thioether (sulfide) groups is 1. The maximum absolute atomic E-state index is 12.1. The summed E-state index contributed by atoms with van der Waals surface area (Å²) < 4.78 is 2.12. The maximum Gasteiger partial charge on any atom is 0.220 e. The molecule has 3 aromatic carbocycles. The molecule has 0 atom stereocenters. The van der Waals surface area contributed by atoms with Gasteiger partial charge in [-0.05, 0) is 43.9 Å². The predicted molar refractivity (Wildman–Crippen MR) is 139 cm³/mol. The summed E-state index contributed by atoms with van der Waals surface area (Å²) in [5.74, 6) is 1.84. The fourth-order valence-corrected chi connectivity index (χ4v) is 4.64. The van der Waals surface area contributed by atoms with Gasteiger partial charge >= 0.3 is 0 Å². The van der Waals surface area contributed by atoms with E-state index in [0.29, 0.717) is 13.0 Å². The molecule has 0 aliphatic rings. The van der Waals surface area contributed by atoms with Crippen LogP contribution < -0.4 is 5.32 Å². The Balaban J connectivity index is 1.29. The quantitative estimate of drug-likeness (QED) is 0.220. The Morgan fingerprint density at radius 3 is 2.32 bits per heavy atom. The van der Waals surface area contributed by atoms with Crippen LogP contribution in [-0.2, 0) is 11.2 Å². The molecule has 34 heavy (non-hydrogen) atoms. The number of nitrogens with one attached hydrogen (secondary N) is 1. The number of aromatic nitrogens is 3. The zero-order valence-corrected chi connectivity index (χ0v) is 20.3. The highest BCUT2D eigenvalue weighted by Crippen LogP contribution is 2.28. The second kappa shape index (κ2) is 12.2. The molecule has 0 fully saturated rings. The molecule has 6 heteroatoms. The van der Waals surface area contributed by atoms with E-state index in [4.69, 9.17) is 0 Å². The number of aryl methyl sites for hydroxylation is 1. The van der Waals surface area contributed by atoms with Gasteiger partial charge < -0.3 is 5.32 Å². The summed E-state index contributed by atoms with van der Waals surface area (Å²) in [6, 6.07) is 28.8. The molecule has 0 saturated heterocycles. The molecule has 0 spiro atoms. The molecule has 0 aliphatic carbocycles. The van der Waals surface area contributed by atoms with E-state index >= 15 is 0 Å². The van der Waals surface area contributed by atoms with Gasteiger partial charge in [0.05, 0.1) is 0 Å². The summed E-state index contributed by atoms with van der Waals surface area (Å²) >= 11 is 1.68. The van der Waals surface area contributed by atoms with Gasteiger partial charge in [-0.1, -0.05) is 90.1 Å². The van der Waals surface area contributed by atoms with E-state index in [9.17, 15) is 4.79 Å². The lowest BCUT2D eigenvalue weighted by Crippen LogP contribution is -2.25. The van der Waals surface area contributed by atoms with Gasteiger partial charge in [0, 0.05) is 30.0 Å². The van der Waals surface area contributed by atoms with E-state index in [1.807, 2.05) is 36.4 Å². The minimum Gasteiger partial charge on any atom is -0.356 e. The SMILES string of the molecule is Cc1ccc(-c2nnc(SCCCCC(=O)NCCc3ccccc3)n2-c2ccccc2)cc1. The fourth-order valence-electron chi connectivity index (χ4n) is 3.69. The number of nitrogens with zero attached hydrogens (tertiary/aromatic N) is 3. The lowest BCUT2D eigenvalue weighted by atomic mass is 10.1. The van der Waals surface area contributed by atoms with Crippen molar-refractivity contribution in [2.45, 2.75) is 37.8 Å². The van der Waals surface area contributed by atoms with Gasteiger partial charge in [-0.25, -0.2) is 0 Å². The zero-order valence-electron chi connectivity index (χ0n) is 19.5. The first-order valence-corrected chi connectivity index (χ1v) is 12.7. The minimum atomic E-state index is 0.120. The van der Waals surface area contributed by atoms with Crippen molar-refractivity contribution in [2.75, 3.05) is 12.3 Å². The number of hydrogen-bond donors (Lipinski definition) is 1. The Morgan fingerprint density at radius 2 is 1.59 bits per heavy atom. The standard InChI is InChI=1S/C28H30N4OS/c1-22-15-17-24(18-16-22)27-30-31-28(32(27)25-12-6-3-7-13-25)34-21-9-8-14-26(33)29-20-19-23-10-4-2-5-11-23/h2-7,10-13,15-18H,8-9,14,19-21H2,1H3,(H,29,33). The van der Waals surface area contributed by atoms with Crippen molar-refractivity contribution in [2.24, 2.45) is 0 Å². The molecule has 1 heterocycles. The van der Waals surface area contributed by atoms with Crippen LogP contribution in [0.15, 0.2) is 90.1 Å². The first-order chi connectivity index (χ1) is 16.7. The Morgan fingerprint density at radius 1 is 0.882 bits per heavy atom. The number of benzene rings is 3. The van der Waals surface area contributed by atoms with Gasteiger partial charge in [-0.15, -0.1) is 10.2 Å². The summed E-state index contributed by atoms with van der Waals surface area (Å²) in [5.41, 5.74) is 4.55. The second-order valence-corrected chi connectivity index (χ2v) is 9.30. The Bertz CT molecular complexity index is 1170. The monoisotopic (exact) mass is 470 g/mol. The molecule has 4 rings (SSSR count). The molecule has 1 aromatic heterocycles. The summed E-state index contributed by atoms with van der Waals surface area (Å²) in [6.45, 7) is 2.76. The van der Waals surface area contributed by atoms with E-state index in [-0.39, 0.29) is 5.91 Å². The van der Waals surface area contributed by atoms with E-state index < -0.39 is 0 Å². The molecule has 0 radical (unpaired) electrons. The number of carbonyl (C=O) groups is 1. The van der Waals surface area contributed by atoms with Crippen molar-refractivity contribution in [3.63, 3.8) is 0 Å². The highest BCUT2D eigenvalue weighted by Gasteiger charge is 2.16. The highest BCUT2D eigenvalue weighted by atomic mass is 32.2. The van der Waals surface area contributed by atoms with Crippen LogP contribution in [0.2, 0.25) is 0 Å². The van der Waals surface area contributed by atoms with Crippen LogP contribution >= 0.6 is 11.8 Å². The predicted octanol–water partition coefficient (Wildman–Crippen LogP) is 5.86. The van der Waals surface area contributed by atoms with E-state index in [1.54, 1.807) is 11.8 Å². The number of para-hydroxylation sites is 1. The largest absolute Gasteiger partial charge is 0.356 e. The van der Waals surface area contributed by atoms with Crippen LogP contribution in [0.25, 0.3) is 17.1 Å². The molecular weight excluding hydrogens is 440 g/mol. The van der Waals surface area contributed by atoms with Gasteiger partial charge in [-0.3, -0.25) is 9.36 Å². The average molecular weight is 471 g/mol. The van der Waals surface area contributed by atoms with Gasteiger partial charge in [0.15, 0.2) is 11.0 Å². The van der Waals surface area contributed by atoms with E-state index in [0.717, 1.165) is 47.2 Å². The number of rotatable bonds is 11. The number of hydrogen-bond acceptors (Lipinski definition) is 4. The number of unbranched alkanes of at least 4 members (excludes halogenated alkanes) is 1. The summed E-state index contributed by atoms with van der Waals surface area (Å²) in [4.78, 5) is 12.1. The number of amides is 1. The molecule has 4 aromatic rings. The molecule has 0 aliphatic heterocycles. The molecule has 174 valence electrons. The van der Waals surface area contributed by atoms with Gasteiger partial charge in [0.1, 0.15) is 0 Å². The normalized spacial score (nSPS) is 10.9. The molecule has 0 unspecified atom stereocenters. The molecule has 1 N–H and O–H groups in total. The van der Waals surface area contributed by atoms with Crippen LogP contribution in [0, 0.1) is 6.92 Å². The minimum absolute atomic E-state index is 0.120. The zero-order chi connectivity index (χ0) is 23.6. The Labute approximate surface area is 205 Å². The van der Waals surface area contributed by atoms with E-state index in [2.05, 4.69) is 75.5 Å². The van der Waals surface area contributed by atoms with Crippen LogP contribution in [-0.4, -0.2) is 33.0 Å². The second-order valence-electron chi connectivity index (χ2n) is 8.23. The third-order valence-corrected chi connectivity index (χ3v) is 6.58. The molecular formula is C28H30N4OS. The highest BCUT2D eigenvalue weighted by molar-refractivity contribution is 7.99. The first-order valence-electron chi connectivity index (χ1n) is 11.7. The summed E-state index contributed by atoms with van der Waals surface area (Å²) in [6.07, 6.45) is 3.21. The molecule has 1 amide bonds. The lowest BCUT2D eigenvalue weighted by Gasteiger charge is -2.10. The smallest absolute Gasteiger partial charge is 0.220 e. The van der Waals surface area contributed by atoms with Gasteiger partial charge in [-0.2, -0.15) is 0 Å². The van der Waals surface area contributed by atoms with Crippen LogP contribution in [0.3, 0.4) is 0 Å². The molecule has 0 saturated carbocycles. The van der Waals surface area contributed by atoms with Crippen LogP contribution in [0.5, 0.6) is 0 Å². The Kier molecular flexibility index (Phi) is 8.52. The van der Waals surface area contributed by atoms with Crippen molar-refractivity contribution in [1.29, 1.82) is 0 Å². The lowest BCUT2D eigenvalue weighted by molar-refractivity contribution is -0.121. The van der Waals surface area contributed by atoms with Gasteiger partial charge in [0.25, 0.3) is 0 Å². The first kappa shape index (κ1) is 23.8. The van der Waals surface area contributed by atoms with Crippen molar-refractivity contribution in [3.05, 3.63) is 96.1 Å². The van der Waals surface area contributed by atoms with Crippen molar-refractivity contribution in [3.8, 4) is 17.1 Å². The number of carbonyl (C=O) groups excluding carboxylic acids is 1. The fraction of sp³-hybridized carbons (Fsp3) is 0.250. The third-order valence-electron chi connectivity index (χ3n) is 5.57. The molecule has 5 nitrogen and oxygen atoms in total. The van der Waals surface area contributed by atoms with Gasteiger partial charge in [0.2, 0.25) is 5.91 Å². The summed E-state index contributed by atoms with van der Waals surface area (Å²) in [5, 5.41) is 12.9. The Hall–Kier alpha value is -3.38. The van der Waals surface area contributed by atoms with Crippen LogP contribution in [0.4, 0.5) is 0 Å².